The highest BCUT2D eigenvalue weighted by Gasteiger charge is 2.20. The first-order valence-electron chi connectivity index (χ1n) is 33.9. The summed E-state index contributed by atoms with van der Waals surface area (Å²) in [7, 11) is 4.75. The highest BCUT2D eigenvalue weighted by molar-refractivity contribution is 5.83. The molecule has 9 aromatic rings. The van der Waals surface area contributed by atoms with Gasteiger partial charge >= 0.3 is 35.1 Å². The van der Waals surface area contributed by atoms with Crippen molar-refractivity contribution in [2.45, 2.75) is 71.0 Å². The van der Waals surface area contributed by atoms with Gasteiger partial charge in [0, 0.05) is 112 Å². The molecule has 0 bridgehead atoms. The maximum absolute atomic E-state index is 12.5. The lowest BCUT2D eigenvalue weighted by molar-refractivity contribution is 0.0384. The fourth-order valence-corrected chi connectivity index (χ4v) is 11.6. The van der Waals surface area contributed by atoms with Crippen molar-refractivity contribution in [1.29, 1.82) is 0 Å². The Bertz CT molecular complexity index is 3690. The smallest absolute Gasteiger partial charge is 0.328 e. The molecule has 99 heavy (non-hydrogen) atoms. The van der Waals surface area contributed by atoms with Gasteiger partial charge in [0.15, 0.2) is 34.4 Å². The standard InChI is InChI=1S/C23H33N7O3.C22H32N8O3.C22H31N7O4/c1-32-12-13-33-22-28-20(24)19-21(29-22)30(23(31)27-19)15-17-7-5-16(6-8-17)14-25-11-9-18-4-2-3-10-26-18;1-32-12-13-33-21-27-19(23)18-20(28-21)30(22(31)26-18)15-17-4-2-16(3-5-17)14-25-8-11-29-9-6-24-7-10-29;1-31-12-13-33-21-26-19(23)18-20(27-21)29(22(30)25-18)15-17-4-2-16(3-5-17)14-24-6-7-28-8-10-32-11-9-28/h5-8,18,25-26H,2-4,9-15H2,1H3,(H,27,31)(H2,24,28,29);2-5,24-25H,6-15H2,1H3,(H,26,31)(H2,23,27,28);2-5,24H,6-15H2,1H3,(H,25,30)(H2,23,26,27). The van der Waals surface area contributed by atoms with Crippen molar-refractivity contribution in [1.82, 2.24) is 94.9 Å². The number of nitrogens with zero attached hydrogens (tertiary/aromatic N) is 11. The lowest BCUT2D eigenvalue weighted by Gasteiger charge is -2.27. The van der Waals surface area contributed by atoms with E-state index in [9.17, 15) is 14.4 Å². The molecule has 534 valence electrons. The molecule has 0 aliphatic carbocycles. The van der Waals surface area contributed by atoms with Crippen molar-refractivity contribution in [3.05, 3.63) is 138 Å². The average Bonchev–Trinajstić information content (AvgIpc) is 1.67. The first-order valence-corrected chi connectivity index (χ1v) is 33.9. The molecular weight excluding hydrogens is 1270 g/mol. The summed E-state index contributed by atoms with van der Waals surface area (Å²) in [6.07, 6.45) is 5.06. The maximum Gasteiger partial charge on any atom is 0.328 e. The van der Waals surface area contributed by atoms with E-state index in [-0.39, 0.29) is 59.2 Å². The van der Waals surface area contributed by atoms with Crippen molar-refractivity contribution < 1.29 is 33.2 Å². The summed E-state index contributed by atoms with van der Waals surface area (Å²) in [5.41, 5.74) is 26.2. The van der Waals surface area contributed by atoms with Crippen LogP contribution in [0, 0.1) is 0 Å². The van der Waals surface area contributed by atoms with Crippen molar-refractivity contribution in [3.8, 4) is 18.0 Å². The highest BCUT2D eigenvalue weighted by Crippen LogP contribution is 2.23. The number of hydrogen-bond donors (Lipinski definition) is 11. The molecule has 0 amide bonds. The Labute approximate surface area is 573 Å². The molecule has 32 heteroatoms. The third kappa shape index (κ3) is 21.5. The summed E-state index contributed by atoms with van der Waals surface area (Å²) >= 11 is 0. The molecule has 3 fully saturated rings. The summed E-state index contributed by atoms with van der Waals surface area (Å²) in [5.74, 6) is 0.514. The number of imidazole rings is 3. The lowest BCUT2D eigenvalue weighted by Crippen LogP contribution is -2.45. The Morgan fingerprint density at radius 2 is 0.828 bits per heavy atom. The Hall–Kier alpha value is -8.93. The Morgan fingerprint density at radius 3 is 1.19 bits per heavy atom. The van der Waals surface area contributed by atoms with Gasteiger partial charge in [-0.25, -0.2) is 14.4 Å². The van der Waals surface area contributed by atoms with E-state index >= 15 is 0 Å². The molecule has 0 saturated carbocycles. The number of methoxy groups -OCH3 is 3. The summed E-state index contributed by atoms with van der Waals surface area (Å²) in [5, 5.41) is 17.5. The molecule has 3 aliphatic heterocycles. The molecule has 0 radical (unpaired) electrons. The fraction of sp³-hybridized carbons (Fsp3) is 0.507. The number of benzene rings is 3. The number of ether oxygens (including phenoxy) is 7. The van der Waals surface area contributed by atoms with Crippen molar-refractivity contribution in [3.63, 3.8) is 0 Å². The molecule has 1 unspecified atom stereocenters. The second-order valence-electron chi connectivity index (χ2n) is 24.3. The largest absolute Gasteiger partial charge is 0.461 e. The van der Waals surface area contributed by atoms with Crippen LogP contribution in [0.25, 0.3) is 33.5 Å². The number of aromatic nitrogens is 12. The summed E-state index contributed by atoms with van der Waals surface area (Å²) in [6.45, 7) is 19.7. The summed E-state index contributed by atoms with van der Waals surface area (Å²) in [6, 6.07) is 25.6. The van der Waals surface area contributed by atoms with Crippen molar-refractivity contribution in [2.24, 2.45) is 0 Å². The number of hydrogen-bond acceptors (Lipinski definition) is 26. The number of nitrogen functional groups attached to an aromatic ring is 3. The highest BCUT2D eigenvalue weighted by atomic mass is 16.5. The molecule has 1 atom stereocenters. The second kappa shape index (κ2) is 37.9. The maximum atomic E-state index is 12.5. The third-order valence-corrected chi connectivity index (χ3v) is 17.1. The van der Waals surface area contributed by atoms with Gasteiger partial charge < -0.3 is 91.9 Å². The number of nitrogens with two attached hydrogens (primary N) is 3. The van der Waals surface area contributed by atoms with Gasteiger partial charge in [-0.2, -0.15) is 29.9 Å². The van der Waals surface area contributed by atoms with Crippen LogP contribution in [0.3, 0.4) is 0 Å². The lowest BCUT2D eigenvalue weighted by atomic mass is 10.0. The van der Waals surface area contributed by atoms with Crippen LogP contribution in [0.2, 0.25) is 0 Å². The number of piperazine rings is 1. The molecule has 3 aromatic carbocycles. The van der Waals surface area contributed by atoms with E-state index in [1.54, 1.807) is 25.9 Å². The first-order chi connectivity index (χ1) is 48.4. The molecule has 3 saturated heterocycles. The van der Waals surface area contributed by atoms with Gasteiger partial charge in [0.25, 0.3) is 0 Å². The molecule has 9 heterocycles. The number of nitrogens with one attached hydrogen (secondary N) is 8. The van der Waals surface area contributed by atoms with Gasteiger partial charge in [-0.1, -0.05) is 79.2 Å². The molecule has 14 N–H and O–H groups in total. The van der Waals surface area contributed by atoms with Crippen LogP contribution < -0.4 is 75.1 Å². The number of piperidine rings is 1. The minimum atomic E-state index is -0.297. The monoisotopic (exact) mass is 1370 g/mol. The SMILES string of the molecule is COCCOc1nc(N)c2[nH]c(=O)n(Cc3ccc(CNCCC4CCCCN4)cc3)c2n1.COCCOc1nc(N)c2[nH]c(=O)n(Cc3ccc(CNCCN4CCNCC4)cc3)c2n1.COCCOc1nc(N)c2[nH]c(=O)n(Cc3ccc(CNCCN4CCOCC4)cc3)c2n1. The number of aromatic amines is 3. The van der Waals surface area contributed by atoms with Crippen molar-refractivity contribution >= 4 is 50.9 Å². The minimum absolute atomic E-state index is 0.114. The van der Waals surface area contributed by atoms with Crippen LogP contribution >= 0.6 is 0 Å². The quantitative estimate of drug-likeness (QED) is 0.0259. The molecule has 32 nitrogen and oxygen atoms in total. The number of fused-ring (bicyclic) bond motifs is 3. The normalized spacial score (nSPS) is 15.2. The second-order valence-corrected chi connectivity index (χ2v) is 24.3. The molecule has 0 spiro atoms. The van der Waals surface area contributed by atoms with Gasteiger partial charge in [-0.15, -0.1) is 0 Å². The van der Waals surface area contributed by atoms with Gasteiger partial charge in [0.2, 0.25) is 0 Å². The fourth-order valence-electron chi connectivity index (χ4n) is 11.6. The van der Waals surface area contributed by atoms with Gasteiger partial charge in [0.05, 0.1) is 52.7 Å². The van der Waals surface area contributed by atoms with E-state index in [0.29, 0.717) is 92.2 Å². The van der Waals surface area contributed by atoms with E-state index in [2.05, 4.69) is 118 Å². The van der Waals surface area contributed by atoms with Gasteiger partial charge in [0.1, 0.15) is 36.4 Å². The zero-order valence-corrected chi connectivity index (χ0v) is 57.0. The van der Waals surface area contributed by atoms with E-state index in [4.69, 9.17) is 50.4 Å². The number of morpholine rings is 1. The molecule has 12 rings (SSSR count). The topological polar surface area (TPSA) is 400 Å². The van der Waals surface area contributed by atoms with E-state index < -0.39 is 0 Å². The van der Waals surface area contributed by atoms with Crippen LogP contribution in [0.4, 0.5) is 17.5 Å². The summed E-state index contributed by atoms with van der Waals surface area (Å²) < 4.78 is 41.4. The zero-order chi connectivity index (χ0) is 69.1. The Balaban J connectivity index is 0.000000161. The third-order valence-electron chi connectivity index (χ3n) is 17.1. The van der Waals surface area contributed by atoms with Crippen LogP contribution in [0.15, 0.2) is 87.2 Å². The van der Waals surface area contributed by atoms with Crippen molar-refractivity contribution in [2.75, 3.05) is 170 Å². The van der Waals surface area contributed by atoms with Crippen LogP contribution in [0.5, 0.6) is 18.0 Å². The Kier molecular flexibility index (Phi) is 27.8. The van der Waals surface area contributed by atoms with Crippen LogP contribution in [-0.4, -0.2) is 227 Å². The van der Waals surface area contributed by atoms with E-state index in [1.165, 1.54) is 45.1 Å². The van der Waals surface area contributed by atoms with Crippen LogP contribution in [0.1, 0.15) is 59.1 Å². The molecular formula is C67H96N22O10. The van der Waals surface area contributed by atoms with Crippen LogP contribution in [-0.2, 0) is 58.2 Å². The van der Waals surface area contributed by atoms with E-state index in [0.717, 1.165) is 134 Å². The predicted octanol–water partition coefficient (Wildman–Crippen LogP) is 1.36. The number of H-pyrrole nitrogens is 3. The minimum Gasteiger partial charge on any atom is -0.461 e. The average molecular weight is 1370 g/mol. The summed E-state index contributed by atoms with van der Waals surface area (Å²) in [4.78, 5) is 76.2. The number of anilines is 3. The molecule has 3 aliphatic rings. The van der Waals surface area contributed by atoms with Gasteiger partial charge in [-0.3, -0.25) is 23.5 Å². The predicted molar refractivity (Wildman–Crippen MR) is 378 cm³/mol. The van der Waals surface area contributed by atoms with Gasteiger partial charge in [-0.05, 0) is 65.7 Å². The molecule has 6 aromatic heterocycles. The Morgan fingerprint density at radius 1 is 0.465 bits per heavy atom. The zero-order valence-electron chi connectivity index (χ0n) is 57.0. The number of rotatable bonds is 33. The van der Waals surface area contributed by atoms with E-state index in [1.807, 2.05) is 36.4 Å². The first kappa shape index (κ1) is 72.8.